The van der Waals surface area contributed by atoms with Crippen LogP contribution in [0.15, 0.2) is 125 Å². The van der Waals surface area contributed by atoms with Crippen LogP contribution in [0.2, 0.25) is 0 Å². The Labute approximate surface area is 211 Å². The molecule has 0 saturated heterocycles. The summed E-state index contributed by atoms with van der Waals surface area (Å²) in [4.78, 5) is -0.116. The van der Waals surface area contributed by atoms with Crippen LogP contribution in [-0.2, 0) is 19.7 Å². The van der Waals surface area contributed by atoms with E-state index in [0.717, 1.165) is 22.3 Å². The van der Waals surface area contributed by atoms with E-state index in [-0.39, 0.29) is 22.6 Å². The van der Waals surface area contributed by atoms with Crippen molar-refractivity contribution in [2.75, 3.05) is 0 Å². The highest BCUT2D eigenvalue weighted by Crippen LogP contribution is 2.72. The Morgan fingerprint density at radius 3 is 1.39 bits per heavy atom. The number of allylic oxidation sites excluding steroid dienone is 5. The van der Waals surface area contributed by atoms with E-state index >= 15 is 0 Å². The number of benzene rings is 3. The molecule has 1 fully saturated rings. The topological polar surface area (TPSA) is 68.3 Å². The first-order valence-corrected chi connectivity index (χ1v) is 15.1. The van der Waals surface area contributed by atoms with Gasteiger partial charge in [0.15, 0.2) is 19.7 Å². The van der Waals surface area contributed by atoms with Crippen molar-refractivity contribution in [3.05, 3.63) is 126 Å². The van der Waals surface area contributed by atoms with Gasteiger partial charge in [-0.05, 0) is 47.2 Å². The van der Waals surface area contributed by atoms with Crippen molar-refractivity contribution in [3.8, 4) is 0 Å². The van der Waals surface area contributed by atoms with Gasteiger partial charge in [-0.15, -0.1) is 0 Å². The Morgan fingerprint density at radius 1 is 0.583 bits per heavy atom. The Kier molecular flexibility index (Phi) is 4.39. The monoisotopic (exact) mass is 512 g/mol. The smallest absolute Gasteiger partial charge is 0.188 e. The molecule has 2 bridgehead atoms. The maximum absolute atomic E-state index is 14.6. The van der Waals surface area contributed by atoms with Gasteiger partial charge >= 0.3 is 0 Å². The first kappa shape index (κ1) is 22.0. The van der Waals surface area contributed by atoms with Gasteiger partial charge < -0.3 is 0 Å². The Hall–Kier alpha value is -3.22. The van der Waals surface area contributed by atoms with Gasteiger partial charge in [-0.2, -0.15) is 0 Å². The molecule has 3 aliphatic carbocycles. The molecule has 1 aliphatic heterocycles. The lowest BCUT2D eigenvalue weighted by Crippen LogP contribution is -2.68. The summed E-state index contributed by atoms with van der Waals surface area (Å²) in [5, 5.41) is 0. The zero-order chi connectivity index (χ0) is 24.8. The van der Waals surface area contributed by atoms with E-state index in [1.54, 1.807) is 12.1 Å². The minimum Gasteiger partial charge on any atom is -0.223 e. The molecule has 6 heteroatoms. The van der Waals surface area contributed by atoms with Crippen LogP contribution in [0.5, 0.6) is 0 Å². The van der Waals surface area contributed by atoms with Crippen LogP contribution in [0.3, 0.4) is 0 Å². The van der Waals surface area contributed by atoms with Crippen LogP contribution in [0.4, 0.5) is 0 Å². The van der Waals surface area contributed by atoms with Crippen LogP contribution in [0, 0.1) is 11.8 Å². The predicted octanol–water partition coefficient (Wildman–Crippen LogP) is 5.39. The van der Waals surface area contributed by atoms with Crippen molar-refractivity contribution < 1.29 is 16.8 Å². The zero-order valence-electron chi connectivity index (χ0n) is 19.4. The lowest BCUT2D eigenvalue weighted by atomic mass is 9.74. The molecule has 0 spiro atoms. The molecular formula is C30H24O4S2. The molecule has 0 radical (unpaired) electrons. The van der Waals surface area contributed by atoms with Crippen LogP contribution in [0.25, 0.3) is 5.57 Å². The Bertz CT molecular complexity index is 1590. The van der Waals surface area contributed by atoms with E-state index in [2.05, 4.69) is 0 Å². The average Bonchev–Trinajstić information content (AvgIpc) is 3.45. The fourth-order valence-corrected chi connectivity index (χ4v) is 13.7. The number of hydrogen-bond donors (Lipinski definition) is 0. The van der Waals surface area contributed by atoms with Crippen LogP contribution < -0.4 is 0 Å². The molecule has 1 heterocycles. The standard InChI is InChI=1S/C30H24O4S2/c31-35(32)25-15-7-8-16-26(25)36(33,34)30-20-10-9-19-29(30,35)23-17-18-24(30)28(23)27(21-11-3-1-4-12-21)22-13-5-2-6-14-22/h1-18,23-24H,19-20H2/t23-,24+,29-,30+. The molecule has 0 aromatic heterocycles. The zero-order valence-corrected chi connectivity index (χ0v) is 21.0. The minimum absolute atomic E-state index is 0.0582. The first-order chi connectivity index (χ1) is 17.4. The number of fused-ring (bicyclic) bond motifs is 3. The summed E-state index contributed by atoms with van der Waals surface area (Å²) < 4.78 is 55.4. The lowest BCUT2D eigenvalue weighted by molar-refractivity contribution is 0.331. The summed E-state index contributed by atoms with van der Waals surface area (Å²) in [5.41, 5.74) is 3.75. The van der Waals surface area contributed by atoms with Crippen molar-refractivity contribution in [2.24, 2.45) is 11.8 Å². The second-order valence-electron chi connectivity index (χ2n) is 10.0. The molecule has 36 heavy (non-hydrogen) atoms. The maximum atomic E-state index is 14.6. The van der Waals surface area contributed by atoms with Crippen molar-refractivity contribution in [1.29, 1.82) is 0 Å². The average molecular weight is 513 g/mol. The van der Waals surface area contributed by atoms with E-state index < -0.39 is 41.0 Å². The molecule has 4 aliphatic rings. The molecule has 0 unspecified atom stereocenters. The lowest BCUT2D eigenvalue weighted by Gasteiger charge is -2.53. The number of hydrogen-bond acceptors (Lipinski definition) is 4. The largest absolute Gasteiger partial charge is 0.223 e. The highest BCUT2D eigenvalue weighted by molar-refractivity contribution is 8.00. The fourth-order valence-electron chi connectivity index (χ4n) is 7.39. The molecule has 4 nitrogen and oxygen atoms in total. The van der Waals surface area contributed by atoms with Crippen molar-refractivity contribution in [2.45, 2.75) is 32.1 Å². The summed E-state index contributed by atoms with van der Waals surface area (Å²) in [6.45, 7) is 0. The predicted molar refractivity (Wildman–Crippen MR) is 140 cm³/mol. The highest BCUT2D eigenvalue weighted by Gasteiger charge is 2.81. The van der Waals surface area contributed by atoms with Crippen LogP contribution in [0.1, 0.15) is 24.0 Å². The highest BCUT2D eigenvalue weighted by atomic mass is 32.2. The molecule has 1 saturated carbocycles. The van der Waals surface area contributed by atoms with E-state index in [9.17, 15) is 16.8 Å². The van der Waals surface area contributed by atoms with E-state index in [0.29, 0.717) is 0 Å². The number of rotatable bonds is 2. The number of sulfone groups is 2. The Balaban J connectivity index is 1.65. The van der Waals surface area contributed by atoms with Gasteiger partial charge in [-0.3, -0.25) is 0 Å². The van der Waals surface area contributed by atoms with Gasteiger partial charge in [0, 0.05) is 11.8 Å². The van der Waals surface area contributed by atoms with Gasteiger partial charge in [0.05, 0.1) is 9.79 Å². The molecule has 0 amide bonds. The van der Waals surface area contributed by atoms with Gasteiger partial charge in [0.25, 0.3) is 0 Å². The van der Waals surface area contributed by atoms with Gasteiger partial charge in [0.1, 0.15) is 9.49 Å². The second kappa shape index (κ2) is 7.17. The second-order valence-corrected chi connectivity index (χ2v) is 14.4. The van der Waals surface area contributed by atoms with Crippen LogP contribution in [-0.4, -0.2) is 26.3 Å². The maximum Gasteiger partial charge on any atom is 0.188 e. The van der Waals surface area contributed by atoms with Gasteiger partial charge in [0.2, 0.25) is 0 Å². The van der Waals surface area contributed by atoms with Gasteiger partial charge in [-0.25, -0.2) is 16.8 Å². The van der Waals surface area contributed by atoms with E-state index in [4.69, 9.17) is 0 Å². The molecule has 0 N–H and O–H groups in total. The first-order valence-electron chi connectivity index (χ1n) is 12.1. The molecule has 3 aromatic carbocycles. The third-order valence-corrected chi connectivity index (χ3v) is 14.3. The SMILES string of the molecule is O=S1(=O)c2ccccc2S(=O)(=O)[C@@]23CC=CC[C@]21[C@H]1C=C[C@@H]3C1=C(c1ccccc1)c1ccccc1. The van der Waals surface area contributed by atoms with Crippen molar-refractivity contribution >= 4 is 25.2 Å². The summed E-state index contributed by atoms with van der Waals surface area (Å²) in [5.74, 6) is -1.09. The van der Waals surface area contributed by atoms with E-state index in [1.165, 1.54) is 12.1 Å². The third kappa shape index (κ3) is 2.31. The normalized spacial score (nSPS) is 31.9. The summed E-state index contributed by atoms with van der Waals surface area (Å²) in [6, 6.07) is 26.0. The van der Waals surface area contributed by atoms with Crippen molar-refractivity contribution in [1.82, 2.24) is 0 Å². The third-order valence-electron chi connectivity index (χ3n) is 8.70. The quantitative estimate of drug-likeness (QED) is 0.432. The molecule has 3 aromatic rings. The fraction of sp³-hybridized carbons (Fsp3) is 0.200. The van der Waals surface area contributed by atoms with Gasteiger partial charge in [-0.1, -0.05) is 97.1 Å². The summed E-state index contributed by atoms with van der Waals surface area (Å²) in [7, 11) is -8.00. The summed E-state index contributed by atoms with van der Waals surface area (Å²) in [6.07, 6.45) is 8.02. The minimum atomic E-state index is -4.00. The van der Waals surface area contributed by atoms with E-state index in [1.807, 2.05) is 85.0 Å². The van der Waals surface area contributed by atoms with Crippen LogP contribution >= 0.6 is 0 Å². The molecule has 180 valence electrons. The summed E-state index contributed by atoms with van der Waals surface area (Å²) >= 11 is 0. The van der Waals surface area contributed by atoms with Crippen molar-refractivity contribution in [3.63, 3.8) is 0 Å². The molecule has 4 atom stereocenters. The molecular weight excluding hydrogens is 488 g/mol. The Morgan fingerprint density at radius 2 is 0.972 bits per heavy atom. The molecule has 7 rings (SSSR count).